The van der Waals surface area contributed by atoms with Crippen molar-refractivity contribution in [3.05, 3.63) is 29.8 Å². The van der Waals surface area contributed by atoms with Gasteiger partial charge in [-0.25, -0.2) is 0 Å². The van der Waals surface area contributed by atoms with Crippen molar-refractivity contribution in [1.29, 1.82) is 0 Å². The first-order valence-electron chi connectivity index (χ1n) is 4.58. The molecule has 0 atom stereocenters. The summed E-state index contributed by atoms with van der Waals surface area (Å²) >= 11 is 0. The molecule has 80 valence electrons. The minimum atomic E-state index is -0.359. The van der Waals surface area contributed by atoms with E-state index in [1.54, 1.807) is 12.1 Å². The Balaban J connectivity index is 3.23. The van der Waals surface area contributed by atoms with E-state index < -0.39 is 0 Å². The summed E-state index contributed by atoms with van der Waals surface area (Å²) in [5.41, 5.74) is 1.78. The smallest absolute Gasteiger partial charge is 0.308 e. The Hall–Kier alpha value is -1.77. The summed E-state index contributed by atoms with van der Waals surface area (Å²) in [5.74, 6) is 0.651. The Morgan fingerprint density at radius 1 is 1.47 bits per heavy atom. The molecular formula is C12H14O3. The van der Waals surface area contributed by atoms with Crippen LogP contribution in [0.15, 0.2) is 18.7 Å². The minimum absolute atomic E-state index is 0.359. The number of methoxy groups -OCH3 is 1. The Kier molecular flexibility index (Phi) is 3.50. The molecule has 3 nitrogen and oxygen atoms in total. The first kappa shape index (κ1) is 11.3. The van der Waals surface area contributed by atoms with Crippen LogP contribution in [0.1, 0.15) is 18.1 Å². The van der Waals surface area contributed by atoms with E-state index in [0.717, 1.165) is 11.1 Å². The van der Waals surface area contributed by atoms with Crippen LogP contribution in [0.25, 0.3) is 6.08 Å². The molecule has 0 aliphatic heterocycles. The highest BCUT2D eigenvalue weighted by atomic mass is 16.6. The van der Waals surface area contributed by atoms with Crippen LogP contribution in [0.5, 0.6) is 11.5 Å². The maximum absolute atomic E-state index is 10.9. The monoisotopic (exact) mass is 206 g/mol. The van der Waals surface area contributed by atoms with Crippen LogP contribution in [0.2, 0.25) is 0 Å². The lowest BCUT2D eigenvalue weighted by atomic mass is 10.1. The summed E-state index contributed by atoms with van der Waals surface area (Å²) in [7, 11) is 1.54. The van der Waals surface area contributed by atoms with Crippen molar-refractivity contribution in [3.8, 4) is 11.5 Å². The first-order valence-corrected chi connectivity index (χ1v) is 4.58. The van der Waals surface area contributed by atoms with Crippen LogP contribution >= 0.6 is 0 Å². The largest absolute Gasteiger partial charge is 0.493 e. The maximum Gasteiger partial charge on any atom is 0.308 e. The van der Waals surface area contributed by atoms with Gasteiger partial charge in [-0.3, -0.25) is 4.79 Å². The highest BCUT2D eigenvalue weighted by molar-refractivity contribution is 5.72. The molecule has 0 aliphatic carbocycles. The number of hydrogen-bond donors (Lipinski definition) is 0. The number of carbonyl (C=O) groups is 1. The summed E-state index contributed by atoms with van der Waals surface area (Å²) in [4.78, 5) is 10.9. The second-order valence-electron chi connectivity index (χ2n) is 3.17. The van der Waals surface area contributed by atoms with Gasteiger partial charge in [-0.05, 0) is 30.2 Å². The zero-order valence-corrected chi connectivity index (χ0v) is 9.16. The third kappa shape index (κ3) is 2.59. The SMILES string of the molecule is C=Cc1cc(C)c(OC(C)=O)c(OC)c1. The van der Waals surface area contributed by atoms with Gasteiger partial charge >= 0.3 is 5.97 Å². The fourth-order valence-electron chi connectivity index (χ4n) is 1.31. The molecule has 0 radical (unpaired) electrons. The fraction of sp³-hybridized carbons (Fsp3) is 0.250. The number of carbonyl (C=O) groups excluding carboxylic acids is 1. The average Bonchev–Trinajstić information content (AvgIpc) is 2.20. The molecule has 0 heterocycles. The van der Waals surface area contributed by atoms with Crippen molar-refractivity contribution >= 4 is 12.0 Å². The molecule has 0 fully saturated rings. The topological polar surface area (TPSA) is 35.5 Å². The van der Waals surface area contributed by atoms with Crippen LogP contribution < -0.4 is 9.47 Å². The molecule has 1 rings (SSSR count). The van der Waals surface area contributed by atoms with Crippen LogP contribution in [0.4, 0.5) is 0 Å². The lowest BCUT2D eigenvalue weighted by Gasteiger charge is -2.11. The van der Waals surface area contributed by atoms with Crippen LogP contribution in [0.3, 0.4) is 0 Å². The zero-order chi connectivity index (χ0) is 11.4. The quantitative estimate of drug-likeness (QED) is 0.563. The summed E-state index contributed by atoms with van der Waals surface area (Å²) in [6.45, 7) is 6.89. The molecule has 0 bridgehead atoms. The van der Waals surface area contributed by atoms with Crippen LogP contribution in [0, 0.1) is 6.92 Å². The lowest BCUT2D eigenvalue weighted by molar-refractivity contribution is -0.132. The number of hydrogen-bond acceptors (Lipinski definition) is 3. The highest BCUT2D eigenvalue weighted by Gasteiger charge is 2.11. The summed E-state index contributed by atoms with van der Waals surface area (Å²) in [6, 6.07) is 3.66. The Morgan fingerprint density at radius 2 is 2.13 bits per heavy atom. The van der Waals surface area contributed by atoms with Gasteiger partial charge in [0.1, 0.15) is 0 Å². The Labute approximate surface area is 89.3 Å². The second kappa shape index (κ2) is 4.64. The number of rotatable bonds is 3. The van der Waals surface area contributed by atoms with Gasteiger partial charge in [0.2, 0.25) is 0 Å². The summed E-state index contributed by atoms with van der Waals surface area (Å²) in [6.07, 6.45) is 1.72. The van der Waals surface area contributed by atoms with E-state index >= 15 is 0 Å². The van der Waals surface area contributed by atoms with E-state index in [4.69, 9.17) is 9.47 Å². The third-order valence-corrected chi connectivity index (χ3v) is 1.96. The van der Waals surface area contributed by atoms with Crippen LogP contribution in [-0.2, 0) is 4.79 Å². The average molecular weight is 206 g/mol. The lowest BCUT2D eigenvalue weighted by Crippen LogP contribution is -2.04. The minimum Gasteiger partial charge on any atom is -0.493 e. The van der Waals surface area contributed by atoms with E-state index in [1.807, 2.05) is 13.0 Å². The van der Waals surface area contributed by atoms with Gasteiger partial charge in [0.25, 0.3) is 0 Å². The molecule has 0 amide bonds. The standard InChI is InChI=1S/C12H14O3/c1-5-10-6-8(2)12(15-9(3)13)11(7-10)14-4/h5-7H,1H2,2-4H3. The van der Waals surface area contributed by atoms with Crippen molar-refractivity contribution < 1.29 is 14.3 Å². The second-order valence-corrected chi connectivity index (χ2v) is 3.17. The van der Waals surface area contributed by atoms with Gasteiger partial charge in [0, 0.05) is 6.92 Å². The van der Waals surface area contributed by atoms with E-state index in [-0.39, 0.29) is 5.97 Å². The van der Waals surface area contributed by atoms with Gasteiger partial charge in [-0.1, -0.05) is 12.7 Å². The van der Waals surface area contributed by atoms with Crippen molar-refractivity contribution in [3.63, 3.8) is 0 Å². The first-order chi connectivity index (χ1) is 7.08. The Morgan fingerprint density at radius 3 is 2.60 bits per heavy atom. The summed E-state index contributed by atoms with van der Waals surface area (Å²) in [5, 5.41) is 0. The number of benzene rings is 1. The Bertz CT molecular complexity index is 394. The predicted octanol–water partition coefficient (Wildman–Crippen LogP) is 2.57. The number of esters is 1. The summed E-state index contributed by atoms with van der Waals surface area (Å²) < 4.78 is 10.2. The van der Waals surface area contributed by atoms with Gasteiger partial charge in [0.15, 0.2) is 11.5 Å². The van der Waals surface area contributed by atoms with E-state index in [9.17, 15) is 4.79 Å². The highest BCUT2D eigenvalue weighted by Crippen LogP contribution is 2.32. The molecule has 0 saturated carbocycles. The molecule has 1 aromatic carbocycles. The normalized spacial score (nSPS) is 9.53. The molecule has 3 heteroatoms. The van der Waals surface area contributed by atoms with Crippen molar-refractivity contribution in [2.45, 2.75) is 13.8 Å². The van der Waals surface area contributed by atoms with Gasteiger partial charge in [-0.2, -0.15) is 0 Å². The molecule has 0 aliphatic rings. The molecular weight excluding hydrogens is 192 g/mol. The zero-order valence-electron chi connectivity index (χ0n) is 9.16. The fourth-order valence-corrected chi connectivity index (χ4v) is 1.31. The predicted molar refractivity (Wildman–Crippen MR) is 59.1 cm³/mol. The molecule has 0 aromatic heterocycles. The van der Waals surface area contributed by atoms with Gasteiger partial charge in [0.05, 0.1) is 7.11 Å². The maximum atomic E-state index is 10.9. The molecule has 0 spiro atoms. The third-order valence-electron chi connectivity index (χ3n) is 1.96. The molecule has 0 saturated heterocycles. The number of ether oxygens (including phenoxy) is 2. The van der Waals surface area contributed by atoms with Gasteiger partial charge < -0.3 is 9.47 Å². The van der Waals surface area contributed by atoms with Crippen molar-refractivity contribution in [1.82, 2.24) is 0 Å². The van der Waals surface area contributed by atoms with Crippen molar-refractivity contribution in [2.75, 3.05) is 7.11 Å². The van der Waals surface area contributed by atoms with E-state index in [0.29, 0.717) is 11.5 Å². The molecule has 1 aromatic rings. The van der Waals surface area contributed by atoms with Crippen molar-refractivity contribution in [2.24, 2.45) is 0 Å². The van der Waals surface area contributed by atoms with Gasteiger partial charge in [-0.15, -0.1) is 0 Å². The van der Waals surface area contributed by atoms with E-state index in [1.165, 1.54) is 14.0 Å². The molecule has 15 heavy (non-hydrogen) atoms. The molecule has 0 N–H and O–H groups in total. The van der Waals surface area contributed by atoms with E-state index in [2.05, 4.69) is 6.58 Å². The number of aryl methyl sites for hydroxylation is 1. The van der Waals surface area contributed by atoms with Crippen LogP contribution in [-0.4, -0.2) is 13.1 Å². The molecule has 0 unspecified atom stereocenters.